The average molecular weight is 311 g/mol. The minimum atomic E-state index is -0.618. The van der Waals surface area contributed by atoms with Gasteiger partial charge in [0.1, 0.15) is 5.01 Å². The third kappa shape index (κ3) is 3.71. The van der Waals surface area contributed by atoms with Crippen LogP contribution in [0.4, 0.5) is 5.69 Å². The molecule has 2 aromatic rings. The Morgan fingerprint density at radius 1 is 1.55 bits per heavy atom. The lowest BCUT2D eigenvalue weighted by Gasteiger charge is -2.16. The number of halogens is 1. The zero-order valence-corrected chi connectivity index (χ0v) is 12.8. The van der Waals surface area contributed by atoms with Crippen molar-refractivity contribution in [3.63, 3.8) is 0 Å². The number of ether oxygens (including phenoxy) is 1. The van der Waals surface area contributed by atoms with E-state index in [1.54, 1.807) is 19.1 Å². The Hall–Kier alpha value is -1.59. The number of benzene rings is 1. The smallest absolute Gasteiger partial charge is 0.335 e. The molecular formula is C14H15ClN2O2S. The Bertz CT molecular complexity index is 600. The van der Waals surface area contributed by atoms with Gasteiger partial charge in [-0.2, -0.15) is 0 Å². The molecule has 0 saturated carbocycles. The molecule has 1 aromatic carbocycles. The van der Waals surface area contributed by atoms with Crippen LogP contribution in [0.1, 0.15) is 23.7 Å². The van der Waals surface area contributed by atoms with Gasteiger partial charge < -0.3 is 10.1 Å². The molecule has 0 aliphatic rings. The van der Waals surface area contributed by atoms with Gasteiger partial charge in [-0.3, -0.25) is 0 Å². The van der Waals surface area contributed by atoms with Gasteiger partial charge in [0.15, 0.2) is 6.04 Å². The van der Waals surface area contributed by atoms with Crippen molar-refractivity contribution in [3.8, 4) is 0 Å². The Balaban J connectivity index is 2.25. The monoisotopic (exact) mass is 310 g/mol. The SMILES string of the molecule is CCOC(=O)C(Nc1cccc(Cl)c1)c1nc(C)cs1. The zero-order chi connectivity index (χ0) is 14.5. The third-order valence-electron chi connectivity index (χ3n) is 2.54. The van der Waals surface area contributed by atoms with E-state index in [4.69, 9.17) is 16.3 Å². The normalized spacial score (nSPS) is 11.9. The summed E-state index contributed by atoms with van der Waals surface area (Å²) in [6, 6.07) is 6.58. The number of aromatic nitrogens is 1. The van der Waals surface area contributed by atoms with Crippen LogP contribution < -0.4 is 5.32 Å². The molecular weight excluding hydrogens is 296 g/mol. The number of carbonyl (C=O) groups is 1. The summed E-state index contributed by atoms with van der Waals surface area (Å²) in [7, 11) is 0. The first-order valence-corrected chi connectivity index (χ1v) is 7.46. The predicted molar refractivity (Wildman–Crippen MR) is 81.3 cm³/mol. The van der Waals surface area contributed by atoms with Crippen LogP contribution in [0.2, 0.25) is 5.02 Å². The molecule has 6 heteroatoms. The topological polar surface area (TPSA) is 51.2 Å². The molecule has 0 aliphatic heterocycles. The quantitative estimate of drug-likeness (QED) is 0.853. The van der Waals surface area contributed by atoms with Gasteiger partial charge in [-0.15, -0.1) is 11.3 Å². The van der Waals surface area contributed by atoms with Crippen molar-refractivity contribution in [2.24, 2.45) is 0 Å². The molecule has 0 spiro atoms. The number of thiazole rings is 1. The second-order valence-electron chi connectivity index (χ2n) is 4.17. The minimum Gasteiger partial charge on any atom is -0.464 e. The highest BCUT2D eigenvalue weighted by Crippen LogP contribution is 2.25. The lowest BCUT2D eigenvalue weighted by atomic mass is 10.2. The molecule has 0 amide bonds. The van der Waals surface area contributed by atoms with Crippen molar-refractivity contribution < 1.29 is 9.53 Å². The van der Waals surface area contributed by atoms with Gasteiger partial charge in [0.05, 0.1) is 6.61 Å². The van der Waals surface area contributed by atoms with E-state index < -0.39 is 6.04 Å². The summed E-state index contributed by atoms with van der Waals surface area (Å²) in [4.78, 5) is 16.4. The highest BCUT2D eigenvalue weighted by Gasteiger charge is 2.25. The van der Waals surface area contributed by atoms with Gasteiger partial charge in [-0.25, -0.2) is 9.78 Å². The highest BCUT2D eigenvalue weighted by molar-refractivity contribution is 7.09. The minimum absolute atomic E-state index is 0.330. The van der Waals surface area contributed by atoms with Crippen LogP contribution in [0, 0.1) is 6.92 Å². The molecule has 106 valence electrons. The molecule has 4 nitrogen and oxygen atoms in total. The molecule has 1 N–H and O–H groups in total. The van der Waals surface area contributed by atoms with Gasteiger partial charge in [-0.1, -0.05) is 17.7 Å². The van der Waals surface area contributed by atoms with Gasteiger partial charge in [0.2, 0.25) is 0 Å². The summed E-state index contributed by atoms with van der Waals surface area (Å²) >= 11 is 7.38. The van der Waals surface area contributed by atoms with Crippen LogP contribution in [0.5, 0.6) is 0 Å². The Kier molecular flexibility index (Phi) is 4.98. The second-order valence-corrected chi connectivity index (χ2v) is 5.49. The van der Waals surface area contributed by atoms with E-state index in [0.29, 0.717) is 16.6 Å². The van der Waals surface area contributed by atoms with E-state index in [2.05, 4.69) is 10.3 Å². The summed E-state index contributed by atoms with van der Waals surface area (Å²) < 4.78 is 5.10. The summed E-state index contributed by atoms with van der Waals surface area (Å²) in [6.07, 6.45) is 0. The molecule has 20 heavy (non-hydrogen) atoms. The number of nitrogens with one attached hydrogen (secondary N) is 1. The average Bonchev–Trinajstić information content (AvgIpc) is 2.83. The van der Waals surface area contributed by atoms with Gasteiger partial charge >= 0.3 is 5.97 Å². The molecule has 1 unspecified atom stereocenters. The molecule has 0 aliphatic carbocycles. The lowest BCUT2D eigenvalue weighted by molar-refractivity contribution is -0.144. The van der Waals surface area contributed by atoms with Crippen molar-refractivity contribution in [3.05, 3.63) is 45.4 Å². The fourth-order valence-corrected chi connectivity index (χ4v) is 2.72. The standard InChI is InChI=1S/C14H15ClN2O2S/c1-3-19-14(18)12(13-16-9(2)8-20-13)17-11-6-4-5-10(15)7-11/h4-8,12,17H,3H2,1-2H3. The van der Waals surface area contributed by atoms with Crippen LogP contribution >= 0.6 is 22.9 Å². The first-order valence-electron chi connectivity index (χ1n) is 6.21. The van der Waals surface area contributed by atoms with E-state index in [0.717, 1.165) is 11.4 Å². The van der Waals surface area contributed by atoms with Gasteiger partial charge in [0.25, 0.3) is 0 Å². The maximum Gasteiger partial charge on any atom is 0.335 e. The summed E-state index contributed by atoms with van der Waals surface area (Å²) in [5, 5.41) is 6.31. The summed E-state index contributed by atoms with van der Waals surface area (Å²) in [5.74, 6) is -0.346. The lowest BCUT2D eigenvalue weighted by Crippen LogP contribution is -2.23. The largest absolute Gasteiger partial charge is 0.464 e. The zero-order valence-electron chi connectivity index (χ0n) is 11.2. The predicted octanol–water partition coefficient (Wildman–Crippen LogP) is 3.82. The van der Waals surface area contributed by atoms with Crippen molar-refractivity contribution in [2.75, 3.05) is 11.9 Å². The first-order chi connectivity index (χ1) is 9.60. The van der Waals surface area contributed by atoms with Crippen LogP contribution in [0.25, 0.3) is 0 Å². The highest BCUT2D eigenvalue weighted by atomic mass is 35.5. The van der Waals surface area contributed by atoms with E-state index in [9.17, 15) is 4.79 Å². The number of anilines is 1. The maximum atomic E-state index is 12.1. The molecule has 0 saturated heterocycles. The molecule has 1 heterocycles. The number of rotatable bonds is 5. The van der Waals surface area contributed by atoms with Crippen LogP contribution in [0.3, 0.4) is 0 Å². The molecule has 0 bridgehead atoms. The number of hydrogen-bond donors (Lipinski definition) is 1. The fraction of sp³-hybridized carbons (Fsp3) is 0.286. The Labute approximate surface area is 126 Å². The van der Waals surface area contributed by atoms with Crippen molar-refractivity contribution >= 4 is 34.6 Å². The number of nitrogens with zero attached hydrogens (tertiary/aromatic N) is 1. The summed E-state index contributed by atoms with van der Waals surface area (Å²) in [6.45, 7) is 4.00. The van der Waals surface area contributed by atoms with E-state index in [-0.39, 0.29) is 5.97 Å². The third-order valence-corrected chi connectivity index (χ3v) is 3.80. The number of carbonyl (C=O) groups excluding carboxylic acids is 1. The molecule has 1 aromatic heterocycles. The van der Waals surface area contributed by atoms with Crippen LogP contribution in [0.15, 0.2) is 29.6 Å². The van der Waals surface area contributed by atoms with Crippen LogP contribution in [-0.4, -0.2) is 17.6 Å². The maximum absolute atomic E-state index is 12.1. The number of esters is 1. The molecule has 0 radical (unpaired) electrons. The van der Waals surface area contributed by atoms with Crippen molar-refractivity contribution in [2.45, 2.75) is 19.9 Å². The van der Waals surface area contributed by atoms with Gasteiger partial charge in [-0.05, 0) is 32.0 Å². The molecule has 1 atom stereocenters. The molecule has 0 fully saturated rings. The van der Waals surface area contributed by atoms with E-state index >= 15 is 0 Å². The summed E-state index contributed by atoms with van der Waals surface area (Å²) in [5.41, 5.74) is 1.63. The van der Waals surface area contributed by atoms with Gasteiger partial charge in [0, 0.05) is 21.8 Å². The van der Waals surface area contributed by atoms with Crippen molar-refractivity contribution in [1.82, 2.24) is 4.98 Å². The Morgan fingerprint density at radius 2 is 2.35 bits per heavy atom. The number of hydrogen-bond acceptors (Lipinski definition) is 5. The number of aryl methyl sites for hydroxylation is 1. The second kappa shape index (κ2) is 6.72. The van der Waals surface area contributed by atoms with E-state index in [1.807, 2.05) is 24.4 Å². The first kappa shape index (κ1) is 14.8. The van der Waals surface area contributed by atoms with Crippen LogP contribution in [-0.2, 0) is 9.53 Å². The fourth-order valence-electron chi connectivity index (χ4n) is 1.70. The Morgan fingerprint density at radius 3 is 2.95 bits per heavy atom. The van der Waals surface area contributed by atoms with Crippen molar-refractivity contribution in [1.29, 1.82) is 0 Å². The molecule has 2 rings (SSSR count). The van der Waals surface area contributed by atoms with E-state index in [1.165, 1.54) is 11.3 Å².